The molecule has 0 saturated heterocycles. The highest BCUT2D eigenvalue weighted by Gasteiger charge is 2.07. The number of hydrazine groups is 1. The van der Waals surface area contributed by atoms with E-state index in [4.69, 9.17) is 0 Å². The molecule has 6 nitrogen and oxygen atoms in total. The molecule has 0 saturated carbocycles. The fourth-order valence-electron chi connectivity index (χ4n) is 1.82. The van der Waals surface area contributed by atoms with E-state index in [9.17, 15) is 14.9 Å². The Hall–Kier alpha value is -3.15. The maximum atomic E-state index is 11.8. The third kappa shape index (κ3) is 4.17. The van der Waals surface area contributed by atoms with Crippen LogP contribution in [0.4, 0.5) is 5.69 Å². The summed E-state index contributed by atoms with van der Waals surface area (Å²) in [7, 11) is 0. The molecule has 2 aromatic carbocycles. The summed E-state index contributed by atoms with van der Waals surface area (Å²) in [6.07, 6.45) is 0.118. The van der Waals surface area contributed by atoms with E-state index in [0.29, 0.717) is 11.3 Å². The summed E-state index contributed by atoms with van der Waals surface area (Å²) in [5, 5.41) is 10.6. The Morgan fingerprint density at radius 2 is 1.68 bits per heavy atom. The standard InChI is InChI=1S/C16H15N3O3/c1-12(14-5-3-2-4-6-14)17-18-16(20)11-13-7-9-15(10-8-13)19(21)22/h2-10,17H,1,11H2,(H,18,20). The molecule has 2 aromatic rings. The van der Waals surface area contributed by atoms with Crippen molar-refractivity contribution < 1.29 is 9.72 Å². The second-order valence-corrected chi connectivity index (χ2v) is 4.62. The molecule has 0 atom stereocenters. The first-order chi connectivity index (χ1) is 10.6. The lowest BCUT2D eigenvalue weighted by molar-refractivity contribution is -0.384. The van der Waals surface area contributed by atoms with Crippen molar-refractivity contribution in [1.29, 1.82) is 0 Å². The summed E-state index contributed by atoms with van der Waals surface area (Å²) in [6.45, 7) is 3.83. The van der Waals surface area contributed by atoms with Crippen LogP contribution >= 0.6 is 0 Å². The normalized spacial score (nSPS) is 9.82. The molecular formula is C16H15N3O3. The second kappa shape index (κ2) is 7.03. The first kappa shape index (κ1) is 15.2. The van der Waals surface area contributed by atoms with E-state index < -0.39 is 4.92 Å². The van der Waals surface area contributed by atoms with Crippen molar-refractivity contribution in [2.45, 2.75) is 6.42 Å². The summed E-state index contributed by atoms with van der Waals surface area (Å²) in [4.78, 5) is 21.9. The molecular weight excluding hydrogens is 282 g/mol. The Balaban J connectivity index is 1.85. The molecule has 112 valence electrons. The molecule has 0 aromatic heterocycles. The highest BCUT2D eigenvalue weighted by molar-refractivity contribution is 5.79. The van der Waals surface area contributed by atoms with Crippen LogP contribution in [-0.2, 0) is 11.2 Å². The number of nitrogens with zero attached hydrogens (tertiary/aromatic N) is 1. The molecule has 0 aliphatic rings. The van der Waals surface area contributed by atoms with Crippen LogP contribution in [0.1, 0.15) is 11.1 Å². The molecule has 0 bridgehead atoms. The largest absolute Gasteiger partial charge is 0.299 e. The first-order valence-corrected chi connectivity index (χ1v) is 6.59. The highest BCUT2D eigenvalue weighted by Crippen LogP contribution is 2.12. The van der Waals surface area contributed by atoms with Gasteiger partial charge in [0, 0.05) is 12.1 Å². The molecule has 22 heavy (non-hydrogen) atoms. The van der Waals surface area contributed by atoms with Gasteiger partial charge >= 0.3 is 0 Å². The Morgan fingerprint density at radius 3 is 2.27 bits per heavy atom. The van der Waals surface area contributed by atoms with Gasteiger partial charge in [-0.1, -0.05) is 49.0 Å². The summed E-state index contributed by atoms with van der Waals surface area (Å²) in [5.74, 6) is -0.258. The van der Waals surface area contributed by atoms with Gasteiger partial charge in [-0.15, -0.1) is 0 Å². The van der Waals surface area contributed by atoms with Gasteiger partial charge in [-0.25, -0.2) is 0 Å². The van der Waals surface area contributed by atoms with Gasteiger partial charge in [0.25, 0.3) is 5.69 Å². The predicted molar refractivity (Wildman–Crippen MR) is 83.6 cm³/mol. The number of nitrogens with one attached hydrogen (secondary N) is 2. The third-order valence-electron chi connectivity index (χ3n) is 2.99. The van der Waals surface area contributed by atoms with Gasteiger partial charge in [-0.3, -0.25) is 25.8 Å². The van der Waals surface area contributed by atoms with Crippen molar-refractivity contribution in [1.82, 2.24) is 10.9 Å². The van der Waals surface area contributed by atoms with Crippen molar-refractivity contribution in [3.05, 3.63) is 82.4 Å². The number of amides is 1. The fourth-order valence-corrected chi connectivity index (χ4v) is 1.82. The Bertz CT molecular complexity index is 682. The van der Waals surface area contributed by atoms with Crippen molar-refractivity contribution in [2.24, 2.45) is 0 Å². The summed E-state index contributed by atoms with van der Waals surface area (Å²) < 4.78 is 0. The topological polar surface area (TPSA) is 84.3 Å². The zero-order chi connectivity index (χ0) is 15.9. The Kier molecular flexibility index (Phi) is 4.87. The maximum Gasteiger partial charge on any atom is 0.269 e. The number of nitro benzene ring substituents is 1. The van der Waals surface area contributed by atoms with E-state index in [2.05, 4.69) is 17.4 Å². The minimum atomic E-state index is -0.477. The van der Waals surface area contributed by atoms with Crippen LogP contribution in [0.15, 0.2) is 61.2 Å². The average molecular weight is 297 g/mol. The Labute approximate surface area is 127 Å². The number of non-ortho nitro benzene ring substituents is 1. The van der Waals surface area contributed by atoms with E-state index in [1.807, 2.05) is 30.3 Å². The van der Waals surface area contributed by atoms with E-state index in [0.717, 1.165) is 5.56 Å². The molecule has 0 heterocycles. The zero-order valence-corrected chi connectivity index (χ0v) is 11.8. The molecule has 2 N–H and O–H groups in total. The van der Waals surface area contributed by atoms with Crippen molar-refractivity contribution in [3.63, 3.8) is 0 Å². The summed E-state index contributed by atoms with van der Waals surface area (Å²) in [6, 6.07) is 15.3. The summed E-state index contributed by atoms with van der Waals surface area (Å²) >= 11 is 0. The van der Waals surface area contributed by atoms with Gasteiger partial charge in [0.2, 0.25) is 5.91 Å². The quantitative estimate of drug-likeness (QED) is 0.633. The van der Waals surface area contributed by atoms with Crippen LogP contribution in [0.3, 0.4) is 0 Å². The summed E-state index contributed by atoms with van der Waals surface area (Å²) in [5.41, 5.74) is 7.43. The van der Waals surface area contributed by atoms with Crippen LogP contribution < -0.4 is 10.9 Å². The van der Waals surface area contributed by atoms with Crippen LogP contribution in [0.2, 0.25) is 0 Å². The van der Waals surface area contributed by atoms with E-state index in [-0.39, 0.29) is 18.0 Å². The number of hydrogen-bond donors (Lipinski definition) is 2. The highest BCUT2D eigenvalue weighted by atomic mass is 16.6. The fraction of sp³-hybridized carbons (Fsp3) is 0.0625. The van der Waals surface area contributed by atoms with Crippen LogP contribution in [0, 0.1) is 10.1 Å². The molecule has 0 aliphatic heterocycles. The van der Waals surface area contributed by atoms with E-state index >= 15 is 0 Å². The molecule has 0 spiro atoms. The van der Waals surface area contributed by atoms with Crippen molar-refractivity contribution in [2.75, 3.05) is 0 Å². The molecule has 0 fully saturated rings. The molecule has 1 amide bonds. The number of carbonyl (C=O) groups excluding carboxylic acids is 1. The lowest BCUT2D eigenvalue weighted by Gasteiger charge is -2.11. The van der Waals surface area contributed by atoms with E-state index in [1.165, 1.54) is 12.1 Å². The molecule has 0 radical (unpaired) electrons. The van der Waals surface area contributed by atoms with Gasteiger partial charge in [0.1, 0.15) is 0 Å². The predicted octanol–water partition coefficient (Wildman–Crippen LogP) is 2.43. The number of hydrogen-bond acceptors (Lipinski definition) is 4. The van der Waals surface area contributed by atoms with Gasteiger partial charge in [-0.2, -0.15) is 0 Å². The number of benzene rings is 2. The van der Waals surface area contributed by atoms with Crippen LogP contribution in [0.25, 0.3) is 5.70 Å². The van der Waals surface area contributed by atoms with Crippen molar-refractivity contribution >= 4 is 17.3 Å². The lowest BCUT2D eigenvalue weighted by Crippen LogP contribution is -2.36. The second-order valence-electron chi connectivity index (χ2n) is 4.62. The maximum absolute atomic E-state index is 11.8. The smallest absolute Gasteiger partial charge is 0.269 e. The Morgan fingerprint density at radius 1 is 1.05 bits per heavy atom. The average Bonchev–Trinajstić information content (AvgIpc) is 2.54. The third-order valence-corrected chi connectivity index (χ3v) is 2.99. The van der Waals surface area contributed by atoms with Gasteiger partial charge in [0.15, 0.2) is 0 Å². The van der Waals surface area contributed by atoms with Gasteiger partial charge in [0.05, 0.1) is 17.0 Å². The first-order valence-electron chi connectivity index (χ1n) is 6.59. The number of carbonyl (C=O) groups is 1. The van der Waals surface area contributed by atoms with Crippen molar-refractivity contribution in [3.8, 4) is 0 Å². The number of rotatable bonds is 6. The molecule has 0 unspecified atom stereocenters. The van der Waals surface area contributed by atoms with Gasteiger partial charge < -0.3 is 0 Å². The van der Waals surface area contributed by atoms with Gasteiger partial charge in [-0.05, 0) is 11.1 Å². The van der Waals surface area contributed by atoms with Crippen LogP contribution in [0.5, 0.6) is 0 Å². The zero-order valence-electron chi connectivity index (χ0n) is 11.8. The molecule has 0 aliphatic carbocycles. The minimum Gasteiger partial charge on any atom is -0.299 e. The number of nitro groups is 1. The molecule has 2 rings (SSSR count). The lowest BCUT2D eigenvalue weighted by atomic mass is 10.1. The van der Waals surface area contributed by atoms with Crippen LogP contribution in [-0.4, -0.2) is 10.8 Å². The molecule has 6 heteroatoms. The van der Waals surface area contributed by atoms with E-state index in [1.54, 1.807) is 12.1 Å². The minimum absolute atomic E-state index is 0.000242. The monoisotopic (exact) mass is 297 g/mol. The SMILES string of the molecule is C=C(NNC(=O)Cc1ccc([N+](=O)[O-])cc1)c1ccccc1.